The number of nitrogens with zero attached hydrogens (tertiary/aromatic N) is 1. The third-order valence-corrected chi connectivity index (χ3v) is 4.50. The molecule has 1 N–H and O–H groups in total. The Hall–Kier alpha value is -1.63. The summed E-state index contributed by atoms with van der Waals surface area (Å²) in [5.74, 6) is -0.687. The number of ether oxygens (including phenoxy) is 1. The lowest BCUT2D eigenvalue weighted by atomic mass is 9.93. The van der Waals surface area contributed by atoms with Gasteiger partial charge in [0.1, 0.15) is 11.6 Å². The fraction of sp³-hybridized carbons (Fsp3) is 0.500. The fourth-order valence-corrected chi connectivity index (χ4v) is 3.14. The topological polar surface area (TPSA) is 66.8 Å². The molecule has 126 valence electrons. The highest BCUT2D eigenvalue weighted by Gasteiger charge is 2.24. The van der Waals surface area contributed by atoms with E-state index in [1.165, 1.54) is 18.2 Å². The second-order valence-corrected chi connectivity index (χ2v) is 6.50. The fourth-order valence-electron chi connectivity index (χ4n) is 2.68. The number of carboxylic acids is 1. The van der Waals surface area contributed by atoms with Crippen LogP contribution in [0.4, 0.5) is 4.39 Å². The molecule has 1 atom stereocenters. The molecule has 0 radical (unpaired) electrons. The highest BCUT2D eigenvalue weighted by Crippen LogP contribution is 2.26. The van der Waals surface area contributed by atoms with Crippen LogP contribution in [0.3, 0.4) is 0 Å². The molecule has 23 heavy (non-hydrogen) atoms. The van der Waals surface area contributed by atoms with Crippen molar-refractivity contribution in [3.05, 3.63) is 28.5 Å². The van der Waals surface area contributed by atoms with Gasteiger partial charge in [-0.25, -0.2) is 4.39 Å². The Balaban J connectivity index is 1.83. The van der Waals surface area contributed by atoms with E-state index >= 15 is 0 Å². The summed E-state index contributed by atoms with van der Waals surface area (Å²) in [6.45, 7) is 1.12. The van der Waals surface area contributed by atoms with Gasteiger partial charge < -0.3 is 14.7 Å². The molecule has 1 unspecified atom stereocenters. The Morgan fingerprint density at radius 1 is 1.43 bits per heavy atom. The molecule has 0 bridgehead atoms. The maximum absolute atomic E-state index is 13.0. The van der Waals surface area contributed by atoms with Crippen LogP contribution in [0, 0.1) is 11.7 Å². The third-order valence-electron chi connectivity index (χ3n) is 3.88. The predicted molar refractivity (Wildman–Crippen MR) is 85.8 cm³/mol. The molecule has 0 spiro atoms. The minimum atomic E-state index is -0.807. The summed E-state index contributed by atoms with van der Waals surface area (Å²) in [7, 11) is 0. The maximum Gasteiger partial charge on any atom is 0.303 e. The summed E-state index contributed by atoms with van der Waals surface area (Å²) < 4.78 is 18.9. The predicted octanol–water partition coefficient (Wildman–Crippen LogP) is 3.07. The monoisotopic (exact) mass is 387 g/mol. The number of carboxylic acid groups (broad SMARTS) is 1. The Labute approximate surface area is 142 Å². The largest absolute Gasteiger partial charge is 0.483 e. The minimum Gasteiger partial charge on any atom is -0.483 e. The highest BCUT2D eigenvalue weighted by atomic mass is 79.9. The number of benzene rings is 1. The Kier molecular flexibility index (Phi) is 6.38. The van der Waals surface area contributed by atoms with Crippen LogP contribution in [-0.4, -0.2) is 41.6 Å². The zero-order valence-corrected chi connectivity index (χ0v) is 14.2. The van der Waals surface area contributed by atoms with E-state index in [0.29, 0.717) is 29.7 Å². The number of halogens is 2. The summed E-state index contributed by atoms with van der Waals surface area (Å²) in [4.78, 5) is 24.6. The van der Waals surface area contributed by atoms with Crippen molar-refractivity contribution in [3.63, 3.8) is 0 Å². The quantitative estimate of drug-likeness (QED) is 0.814. The van der Waals surface area contributed by atoms with Gasteiger partial charge in [-0.1, -0.05) is 0 Å². The number of carbonyl (C=O) groups excluding carboxylic acids is 1. The van der Waals surface area contributed by atoms with Gasteiger partial charge in [-0.15, -0.1) is 0 Å². The van der Waals surface area contributed by atoms with Gasteiger partial charge >= 0.3 is 5.97 Å². The molecule has 1 aromatic rings. The van der Waals surface area contributed by atoms with Crippen LogP contribution in [0.1, 0.15) is 25.7 Å². The van der Waals surface area contributed by atoms with Gasteiger partial charge in [0.15, 0.2) is 6.61 Å². The number of hydrogen-bond acceptors (Lipinski definition) is 3. The summed E-state index contributed by atoms with van der Waals surface area (Å²) >= 11 is 3.19. The molecule has 7 heteroatoms. The van der Waals surface area contributed by atoms with Crippen LogP contribution in [0.25, 0.3) is 0 Å². The number of carbonyl (C=O) groups is 2. The average Bonchev–Trinajstić information content (AvgIpc) is 2.52. The molecule has 1 aliphatic rings. The standard InChI is InChI=1S/C16H19BrFNO4/c17-13-8-12(18)4-5-14(13)23-10-15(20)19-7-1-2-11(9-19)3-6-16(21)22/h4-5,8,11H,1-3,6-7,9-10H2,(H,21,22). The van der Waals surface area contributed by atoms with Gasteiger partial charge in [0.2, 0.25) is 0 Å². The highest BCUT2D eigenvalue weighted by molar-refractivity contribution is 9.10. The molecular weight excluding hydrogens is 369 g/mol. The Morgan fingerprint density at radius 3 is 2.91 bits per heavy atom. The molecule has 1 aromatic carbocycles. The van der Waals surface area contributed by atoms with E-state index in [-0.39, 0.29) is 30.7 Å². The second-order valence-electron chi connectivity index (χ2n) is 5.64. The molecule has 1 fully saturated rings. The number of rotatable bonds is 6. The van der Waals surface area contributed by atoms with Crippen LogP contribution in [0.5, 0.6) is 5.75 Å². The summed E-state index contributed by atoms with van der Waals surface area (Å²) in [5.41, 5.74) is 0. The van der Waals surface area contributed by atoms with Crippen molar-refractivity contribution in [2.75, 3.05) is 19.7 Å². The first kappa shape index (κ1) is 17.7. The van der Waals surface area contributed by atoms with Gasteiger partial charge in [0.25, 0.3) is 5.91 Å². The molecule has 1 aliphatic heterocycles. The first-order valence-electron chi connectivity index (χ1n) is 7.53. The molecule has 2 rings (SSSR count). The molecule has 0 aliphatic carbocycles. The van der Waals surface area contributed by atoms with E-state index in [1.54, 1.807) is 4.90 Å². The number of piperidine rings is 1. The van der Waals surface area contributed by atoms with Crippen LogP contribution in [0.2, 0.25) is 0 Å². The zero-order valence-electron chi connectivity index (χ0n) is 12.6. The Bertz CT molecular complexity index is 581. The van der Waals surface area contributed by atoms with Crippen molar-refractivity contribution in [1.29, 1.82) is 0 Å². The van der Waals surface area contributed by atoms with E-state index < -0.39 is 5.97 Å². The second kappa shape index (κ2) is 8.29. The van der Waals surface area contributed by atoms with Gasteiger partial charge in [-0.2, -0.15) is 0 Å². The average molecular weight is 388 g/mol. The summed E-state index contributed by atoms with van der Waals surface area (Å²) in [6.07, 6.45) is 2.53. The molecule has 5 nitrogen and oxygen atoms in total. The number of likely N-dealkylation sites (tertiary alicyclic amines) is 1. The molecule has 0 aromatic heterocycles. The Morgan fingerprint density at radius 2 is 2.22 bits per heavy atom. The van der Waals surface area contributed by atoms with Gasteiger partial charge in [0.05, 0.1) is 4.47 Å². The van der Waals surface area contributed by atoms with Gasteiger partial charge in [-0.3, -0.25) is 9.59 Å². The molecule has 1 heterocycles. The SMILES string of the molecule is O=C(O)CCC1CCCN(C(=O)COc2ccc(F)cc2Br)C1. The van der Waals surface area contributed by atoms with E-state index in [1.807, 2.05) is 0 Å². The van der Waals surface area contributed by atoms with E-state index in [0.717, 1.165) is 12.8 Å². The lowest BCUT2D eigenvalue weighted by molar-refractivity contribution is -0.137. The lowest BCUT2D eigenvalue weighted by Crippen LogP contribution is -2.42. The van der Waals surface area contributed by atoms with Crippen LogP contribution < -0.4 is 4.74 Å². The molecular formula is C16H19BrFNO4. The van der Waals surface area contributed by atoms with E-state index in [2.05, 4.69) is 15.9 Å². The maximum atomic E-state index is 13.0. The first-order chi connectivity index (χ1) is 11.0. The molecule has 1 amide bonds. The van der Waals surface area contributed by atoms with Crippen LogP contribution in [0.15, 0.2) is 22.7 Å². The van der Waals surface area contributed by atoms with Crippen LogP contribution in [-0.2, 0) is 9.59 Å². The number of amides is 1. The molecule has 1 saturated heterocycles. The van der Waals surface area contributed by atoms with Gasteiger partial charge in [-0.05, 0) is 59.3 Å². The zero-order chi connectivity index (χ0) is 16.8. The third kappa shape index (κ3) is 5.49. The van der Waals surface area contributed by atoms with Crippen molar-refractivity contribution in [2.24, 2.45) is 5.92 Å². The smallest absolute Gasteiger partial charge is 0.303 e. The summed E-state index contributed by atoms with van der Waals surface area (Å²) in [5, 5.41) is 8.74. The van der Waals surface area contributed by atoms with E-state index in [4.69, 9.17) is 9.84 Å². The number of hydrogen-bond donors (Lipinski definition) is 1. The van der Waals surface area contributed by atoms with Crippen molar-refractivity contribution >= 4 is 27.8 Å². The minimum absolute atomic E-state index is 0.115. The van der Waals surface area contributed by atoms with Crippen molar-refractivity contribution in [3.8, 4) is 5.75 Å². The van der Waals surface area contributed by atoms with Crippen molar-refractivity contribution in [2.45, 2.75) is 25.7 Å². The van der Waals surface area contributed by atoms with E-state index in [9.17, 15) is 14.0 Å². The lowest BCUT2D eigenvalue weighted by Gasteiger charge is -2.32. The van der Waals surface area contributed by atoms with Crippen molar-refractivity contribution < 1.29 is 23.8 Å². The van der Waals surface area contributed by atoms with Crippen molar-refractivity contribution in [1.82, 2.24) is 4.90 Å². The van der Waals surface area contributed by atoms with Crippen LogP contribution >= 0.6 is 15.9 Å². The number of aliphatic carboxylic acids is 1. The van der Waals surface area contributed by atoms with Gasteiger partial charge in [0, 0.05) is 19.5 Å². The summed E-state index contributed by atoms with van der Waals surface area (Å²) in [6, 6.07) is 4.02. The normalized spacial score (nSPS) is 17.8. The molecule has 0 saturated carbocycles. The first-order valence-corrected chi connectivity index (χ1v) is 8.32.